The van der Waals surface area contributed by atoms with Crippen molar-refractivity contribution in [3.63, 3.8) is 0 Å². The second-order valence-electron chi connectivity index (χ2n) is 12.3. The number of likely N-dealkylation sites (tertiary alicyclic amines) is 1. The van der Waals surface area contributed by atoms with E-state index in [1.165, 1.54) is 18.2 Å². The van der Waals surface area contributed by atoms with E-state index in [0.717, 1.165) is 12.8 Å². The zero-order chi connectivity index (χ0) is 31.4. The number of pyridine rings is 1. The molecule has 0 aliphatic carbocycles. The number of fused-ring (bicyclic) bond motifs is 4. The maximum atomic E-state index is 17.0. The van der Waals surface area contributed by atoms with Crippen molar-refractivity contribution >= 4 is 27.5 Å². The number of phenolic OH excluding ortho intramolecular Hbond substituents is 1. The first-order chi connectivity index (χ1) is 21.7. The van der Waals surface area contributed by atoms with E-state index in [2.05, 4.69) is 27.0 Å². The van der Waals surface area contributed by atoms with Crippen molar-refractivity contribution in [2.45, 2.75) is 63.8 Å². The van der Waals surface area contributed by atoms with Crippen LogP contribution in [0.25, 0.3) is 32.9 Å². The van der Waals surface area contributed by atoms with Gasteiger partial charge in [-0.05, 0) is 80.1 Å². The first-order valence-corrected chi connectivity index (χ1v) is 15.5. The predicted octanol–water partition coefficient (Wildman–Crippen LogP) is 5.12. The average Bonchev–Trinajstić information content (AvgIpc) is 3.54. The lowest BCUT2D eigenvalue weighted by atomic mass is 9.94. The summed E-state index contributed by atoms with van der Waals surface area (Å²) in [5.41, 5.74) is 0.774. The van der Waals surface area contributed by atoms with Gasteiger partial charge >= 0.3 is 6.01 Å². The summed E-state index contributed by atoms with van der Waals surface area (Å²) in [6, 6.07) is 6.18. The zero-order valence-electron chi connectivity index (χ0n) is 25.5. The van der Waals surface area contributed by atoms with Crippen LogP contribution in [0.3, 0.4) is 0 Å². The lowest BCUT2D eigenvalue weighted by Gasteiger charge is -2.34. The number of ether oxygens (including phenoxy) is 1. The van der Waals surface area contributed by atoms with Crippen LogP contribution in [-0.2, 0) is 6.42 Å². The Balaban J connectivity index is 1.46. The number of hydrogen-bond donors (Lipinski definition) is 2. The number of rotatable bonds is 6. The van der Waals surface area contributed by atoms with Gasteiger partial charge in [0.05, 0.1) is 5.39 Å². The van der Waals surface area contributed by atoms with E-state index < -0.39 is 17.8 Å². The quantitative estimate of drug-likeness (QED) is 0.289. The van der Waals surface area contributed by atoms with Crippen LogP contribution in [0.5, 0.6) is 11.8 Å². The highest BCUT2D eigenvalue weighted by molar-refractivity contribution is 6.03. The van der Waals surface area contributed by atoms with Crippen molar-refractivity contribution in [1.82, 2.24) is 25.2 Å². The standard InChI is InChI=1S/C34H35F3N6O2/c1-4-6-27-29-32(30(37)31(39-27)25-13-23(44)11-18-7-10-26(36)24(5-2)28(18)25)40-34(45-17-22-12-19(35)14-42(22)3)41-33(29)43-15-20-8-9-21(16-43)38-20/h7,10-11,13,19-22,38,44H,5,8-9,12,14-17H2,1-3H3/t19-,20-,21+,22+/m1/s1. The van der Waals surface area contributed by atoms with Gasteiger partial charge < -0.3 is 20.1 Å². The van der Waals surface area contributed by atoms with Crippen LogP contribution in [0.1, 0.15) is 44.4 Å². The van der Waals surface area contributed by atoms with Crippen molar-refractivity contribution in [2.24, 2.45) is 0 Å². The first-order valence-electron chi connectivity index (χ1n) is 15.5. The summed E-state index contributed by atoms with van der Waals surface area (Å²) in [5.74, 6) is 5.14. The first kappa shape index (κ1) is 29.6. The molecule has 3 aliphatic heterocycles. The van der Waals surface area contributed by atoms with Crippen molar-refractivity contribution in [3.05, 3.63) is 47.2 Å². The van der Waals surface area contributed by atoms with Crippen molar-refractivity contribution in [3.8, 4) is 34.9 Å². The number of likely N-dealkylation sites (N-methyl/N-ethyl adjacent to an activating group) is 1. The van der Waals surface area contributed by atoms with Gasteiger partial charge in [0, 0.05) is 43.3 Å². The monoisotopic (exact) mass is 616 g/mol. The van der Waals surface area contributed by atoms with Crippen molar-refractivity contribution in [2.75, 3.05) is 38.2 Å². The minimum absolute atomic E-state index is 0.0217. The Hall–Kier alpha value is -4.14. The molecular weight excluding hydrogens is 581 g/mol. The van der Waals surface area contributed by atoms with Crippen molar-refractivity contribution in [1.29, 1.82) is 0 Å². The number of phenols is 1. The molecule has 5 heterocycles. The number of aromatic hydroxyl groups is 1. The van der Waals surface area contributed by atoms with E-state index in [-0.39, 0.29) is 59.0 Å². The number of alkyl halides is 1. The molecule has 0 radical (unpaired) electrons. The number of hydrogen-bond acceptors (Lipinski definition) is 8. The number of nitrogens with zero attached hydrogens (tertiary/aromatic N) is 5. The molecule has 45 heavy (non-hydrogen) atoms. The molecule has 3 fully saturated rings. The average molecular weight is 617 g/mol. The number of benzene rings is 2. The van der Waals surface area contributed by atoms with E-state index in [1.807, 2.05) is 18.9 Å². The van der Waals surface area contributed by atoms with E-state index in [0.29, 0.717) is 60.0 Å². The van der Waals surface area contributed by atoms with Crippen LogP contribution in [0.2, 0.25) is 0 Å². The molecule has 3 saturated heterocycles. The van der Waals surface area contributed by atoms with Crippen LogP contribution >= 0.6 is 0 Å². The highest BCUT2D eigenvalue weighted by Gasteiger charge is 2.35. The molecule has 2 aromatic heterocycles. The number of nitrogens with one attached hydrogen (secondary N) is 1. The van der Waals surface area contributed by atoms with Gasteiger partial charge in [0.25, 0.3) is 0 Å². The van der Waals surface area contributed by atoms with E-state index in [1.54, 1.807) is 13.0 Å². The SMILES string of the molecule is CC#Cc1nc(-c2cc(O)cc3ccc(F)c(CC)c23)c(F)c2nc(OC[C@@H]3C[C@@H](F)CN3C)nc(N3C[C@H]4CC[C@@H](C3)N4)c12. The van der Waals surface area contributed by atoms with E-state index in [9.17, 15) is 9.50 Å². The van der Waals surface area contributed by atoms with Gasteiger partial charge in [0.2, 0.25) is 0 Å². The lowest BCUT2D eigenvalue weighted by molar-refractivity contribution is 0.188. The molecule has 11 heteroatoms. The molecule has 0 amide bonds. The van der Waals surface area contributed by atoms with Crippen LogP contribution in [-0.4, -0.2) is 82.5 Å². The smallest absolute Gasteiger partial charge is 0.319 e. The molecule has 2 aromatic carbocycles. The highest BCUT2D eigenvalue weighted by atomic mass is 19.1. The van der Waals surface area contributed by atoms with Crippen molar-refractivity contribution < 1.29 is 23.0 Å². The summed E-state index contributed by atoms with van der Waals surface area (Å²) in [7, 11) is 1.84. The normalized spacial score (nSPS) is 23.1. The second-order valence-corrected chi connectivity index (χ2v) is 12.3. The van der Waals surface area contributed by atoms with Gasteiger partial charge in [0.1, 0.15) is 47.1 Å². The van der Waals surface area contributed by atoms with Gasteiger partial charge in [-0.3, -0.25) is 4.90 Å². The zero-order valence-corrected chi connectivity index (χ0v) is 25.5. The minimum atomic E-state index is -0.941. The summed E-state index contributed by atoms with van der Waals surface area (Å²) in [6.07, 6.45) is 1.81. The molecule has 3 aliphatic rings. The van der Waals surface area contributed by atoms with Crippen LogP contribution in [0.4, 0.5) is 19.0 Å². The Kier molecular flexibility index (Phi) is 7.66. The molecule has 7 rings (SSSR count). The fourth-order valence-corrected chi connectivity index (χ4v) is 7.19. The summed E-state index contributed by atoms with van der Waals surface area (Å²) >= 11 is 0. The molecule has 0 unspecified atom stereocenters. The Morgan fingerprint density at radius 2 is 1.84 bits per heavy atom. The number of aromatic nitrogens is 3. The third-order valence-corrected chi connectivity index (χ3v) is 9.31. The van der Waals surface area contributed by atoms with Crippen LogP contribution < -0.4 is 15.0 Å². The molecular formula is C34H35F3N6O2. The predicted molar refractivity (Wildman–Crippen MR) is 167 cm³/mol. The molecule has 4 aromatic rings. The summed E-state index contributed by atoms with van der Waals surface area (Å²) in [5, 5.41) is 15.7. The summed E-state index contributed by atoms with van der Waals surface area (Å²) in [4.78, 5) is 18.1. The number of halogens is 3. The third-order valence-electron chi connectivity index (χ3n) is 9.31. The van der Waals surface area contributed by atoms with Crippen LogP contribution in [0.15, 0.2) is 24.3 Å². The lowest BCUT2D eigenvalue weighted by Crippen LogP contribution is -2.51. The number of piperazine rings is 1. The Morgan fingerprint density at radius 1 is 1.07 bits per heavy atom. The van der Waals surface area contributed by atoms with Gasteiger partial charge in [-0.25, -0.2) is 18.2 Å². The Bertz CT molecular complexity index is 1860. The molecule has 0 spiro atoms. The molecule has 2 bridgehead atoms. The summed E-state index contributed by atoms with van der Waals surface area (Å²) in [6.45, 7) is 5.28. The maximum absolute atomic E-state index is 17.0. The molecule has 234 valence electrons. The van der Waals surface area contributed by atoms with Crippen LogP contribution in [0, 0.1) is 23.5 Å². The van der Waals surface area contributed by atoms with E-state index >= 15 is 8.78 Å². The molecule has 8 nitrogen and oxygen atoms in total. The summed E-state index contributed by atoms with van der Waals surface area (Å²) < 4.78 is 52.2. The Morgan fingerprint density at radius 3 is 2.53 bits per heavy atom. The maximum Gasteiger partial charge on any atom is 0.319 e. The highest BCUT2D eigenvalue weighted by Crippen LogP contribution is 2.40. The van der Waals surface area contributed by atoms with Gasteiger partial charge in [-0.15, -0.1) is 0 Å². The molecule has 2 N–H and O–H groups in total. The number of anilines is 1. The molecule has 0 saturated carbocycles. The van der Waals surface area contributed by atoms with E-state index in [4.69, 9.17) is 14.7 Å². The Labute approximate surface area is 259 Å². The van der Waals surface area contributed by atoms with Gasteiger partial charge in [-0.2, -0.15) is 9.97 Å². The van der Waals surface area contributed by atoms with Gasteiger partial charge in [-0.1, -0.05) is 18.9 Å². The fourth-order valence-electron chi connectivity index (χ4n) is 7.19. The molecule has 4 atom stereocenters. The topological polar surface area (TPSA) is 86.6 Å². The van der Waals surface area contributed by atoms with Gasteiger partial charge in [0.15, 0.2) is 5.82 Å². The second kappa shape index (κ2) is 11.7. The minimum Gasteiger partial charge on any atom is -0.508 e. The number of aryl methyl sites for hydroxylation is 1. The largest absolute Gasteiger partial charge is 0.508 e. The fraction of sp³-hybridized carbons (Fsp3) is 0.441. The third kappa shape index (κ3) is 5.30.